The standard InChI is InChI=1S/C7H14O3S.2CH3.Sn/c1-9-4-2-3-5-10-7(8)6-11;;;/h11H,2-6H2,1H3;2*1H3;. The number of esters is 1. The zero-order valence-electron chi connectivity index (χ0n) is 9.21. The molecule has 0 atom stereocenters. The van der Waals surface area contributed by atoms with Crippen LogP contribution in [0.5, 0.6) is 0 Å². The third kappa shape index (κ3) is 18.4. The predicted molar refractivity (Wildman–Crippen MR) is 63.4 cm³/mol. The molecule has 0 aliphatic carbocycles. The van der Waals surface area contributed by atoms with E-state index in [9.17, 15) is 4.79 Å². The topological polar surface area (TPSA) is 35.5 Å². The van der Waals surface area contributed by atoms with Gasteiger partial charge in [-0.2, -0.15) is 12.6 Å². The molecule has 0 bridgehead atoms. The molecule has 0 unspecified atom stereocenters. The summed E-state index contributed by atoms with van der Waals surface area (Å²) in [6, 6.07) is 0. The second-order valence-electron chi connectivity index (χ2n) is 2.58. The molecule has 0 spiro atoms. The van der Waals surface area contributed by atoms with Crippen molar-refractivity contribution in [2.24, 2.45) is 0 Å². The van der Waals surface area contributed by atoms with Crippen LogP contribution in [0.15, 0.2) is 0 Å². The third-order valence-electron chi connectivity index (χ3n) is 1.13. The van der Waals surface area contributed by atoms with Gasteiger partial charge in [-0.05, 0) is 12.8 Å². The van der Waals surface area contributed by atoms with Gasteiger partial charge in [0.25, 0.3) is 0 Å². The normalized spacial score (nSPS) is 8.86. The van der Waals surface area contributed by atoms with Crippen molar-refractivity contribution >= 4 is 39.7 Å². The predicted octanol–water partition coefficient (Wildman–Crippen LogP) is 1.67. The number of ether oxygens (including phenoxy) is 2. The molecule has 0 aromatic rings. The van der Waals surface area contributed by atoms with Gasteiger partial charge < -0.3 is 9.47 Å². The first-order chi connectivity index (χ1) is 6.72. The quantitative estimate of drug-likeness (QED) is 0.349. The van der Waals surface area contributed by atoms with Crippen LogP contribution in [-0.2, 0) is 14.3 Å². The molecule has 0 aromatic carbocycles. The van der Waals surface area contributed by atoms with Gasteiger partial charge in [-0.25, -0.2) is 0 Å². The molecule has 84 valence electrons. The van der Waals surface area contributed by atoms with Crippen LogP contribution in [0.1, 0.15) is 12.8 Å². The van der Waals surface area contributed by atoms with Crippen molar-refractivity contribution < 1.29 is 14.3 Å². The van der Waals surface area contributed by atoms with Gasteiger partial charge in [-0.1, -0.05) is 0 Å². The molecule has 0 heterocycles. The summed E-state index contributed by atoms with van der Waals surface area (Å²) in [5.74, 6) is -0.102. The molecule has 0 aliphatic rings. The molecule has 0 amide bonds. The Balaban J connectivity index is 0. The van der Waals surface area contributed by atoms with Crippen LogP contribution in [0.2, 0.25) is 9.88 Å². The molecule has 0 N–H and O–H groups in total. The van der Waals surface area contributed by atoms with Crippen LogP contribution in [0.25, 0.3) is 0 Å². The van der Waals surface area contributed by atoms with Crippen molar-refractivity contribution in [3.63, 3.8) is 0 Å². The molecule has 3 nitrogen and oxygen atoms in total. The zero-order chi connectivity index (χ0) is 11.2. The average Bonchev–Trinajstić information content (AvgIpc) is 2.18. The molecular weight excluding hydrogens is 307 g/mol. The van der Waals surface area contributed by atoms with Crippen LogP contribution >= 0.6 is 12.6 Å². The Labute approximate surface area is 103 Å². The summed E-state index contributed by atoms with van der Waals surface area (Å²) >= 11 is 3.99. The first-order valence-corrected chi connectivity index (χ1v) is 10.9. The zero-order valence-corrected chi connectivity index (χ0v) is 13.0. The van der Waals surface area contributed by atoms with Gasteiger partial charge in [0.05, 0.1) is 12.4 Å². The number of rotatable bonds is 6. The first-order valence-electron chi connectivity index (χ1n) is 4.56. The summed E-state index contributed by atoms with van der Waals surface area (Å²) in [5, 5.41) is 0. The monoisotopic (exact) mass is 328 g/mol. The van der Waals surface area contributed by atoms with E-state index in [0.29, 0.717) is 6.61 Å². The molecule has 0 fully saturated rings. The number of thiol groups is 1. The average molecular weight is 327 g/mol. The number of carbonyl (C=O) groups is 1. The number of methoxy groups -OCH3 is 1. The summed E-state index contributed by atoms with van der Waals surface area (Å²) in [5.41, 5.74) is 0. The summed E-state index contributed by atoms with van der Waals surface area (Å²) in [7, 11) is 1.65. The van der Waals surface area contributed by atoms with E-state index in [4.69, 9.17) is 9.47 Å². The van der Waals surface area contributed by atoms with E-state index in [1.54, 1.807) is 7.11 Å². The van der Waals surface area contributed by atoms with Gasteiger partial charge in [-0.15, -0.1) is 0 Å². The molecule has 2 radical (unpaired) electrons. The van der Waals surface area contributed by atoms with E-state index in [0.717, 1.165) is 19.4 Å². The van der Waals surface area contributed by atoms with Gasteiger partial charge in [0, 0.05) is 13.7 Å². The Bertz CT molecular complexity index is 123. The molecule has 0 rings (SSSR count). The van der Waals surface area contributed by atoms with E-state index < -0.39 is 0 Å². The molecule has 5 heteroatoms. The Kier molecular flexibility index (Phi) is 19.4. The van der Waals surface area contributed by atoms with Gasteiger partial charge in [0.15, 0.2) is 0 Å². The van der Waals surface area contributed by atoms with E-state index in [2.05, 4.69) is 22.5 Å². The Morgan fingerprint density at radius 1 is 1.29 bits per heavy atom. The first kappa shape index (κ1) is 17.0. The third-order valence-corrected chi connectivity index (χ3v) is 1.39. The fourth-order valence-electron chi connectivity index (χ4n) is 0.580. The van der Waals surface area contributed by atoms with Crippen LogP contribution in [-0.4, -0.2) is 53.2 Å². The second-order valence-corrected chi connectivity index (χ2v) is 5.75. The molecule has 0 saturated carbocycles. The Morgan fingerprint density at radius 3 is 2.21 bits per heavy atom. The van der Waals surface area contributed by atoms with Gasteiger partial charge >= 0.3 is 37.0 Å². The fraction of sp³-hybridized carbons (Fsp3) is 0.889. The van der Waals surface area contributed by atoms with Crippen LogP contribution < -0.4 is 0 Å². The minimum atomic E-state index is -0.259. The number of hydrogen-bond donors (Lipinski definition) is 1. The van der Waals surface area contributed by atoms with Crippen molar-refractivity contribution in [2.75, 3.05) is 26.1 Å². The second kappa shape index (κ2) is 16.0. The minimum absolute atomic E-state index is 0.157. The summed E-state index contributed by atoms with van der Waals surface area (Å²) in [6.07, 6.45) is 1.78. The van der Waals surface area contributed by atoms with Crippen LogP contribution in [0.4, 0.5) is 0 Å². The molecule has 0 aromatic heterocycles. The SMILES string of the molecule is COCCCCOC(=O)CS.[CH3][Sn][CH3]. The van der Waals surface area contributed by atoms with Crippen LogP contribution in [0.3, 0.4) is 0 Å². The summed E-state index contributed by atoms with van der Waals surface area (Å²) in [4.78, 5) is 15.1. The van der Waals surface area contributed by atoms with Gasteiger partial charge in [-0.3, -0.25) is 4.79 Å². The van der Waals surface area contributed by atoms with Gasteiger partial charge in [0.2, 0.25) is 0 Å². The van der Waals surface area contributed by atoms with E-state index in [1.807, 2.05) is 0 Å². The van der Waals surface area contributed by atoms with E-state index in [-0.39, 0.29) is 32.9 Å². The number of unbranched alkanes of at least 4 members (excludes halogenated alkanes) is 1. The summed E-state index contributed by atoms with van der Waals surface area (Å²) < 4.78 is 9.59. The Hall–Kier alpha value is 0.579. The van der Waals surface area contributed by atoms with Gasteiger partial charge in [0.1, 0.15) is 0 Å². The Morgan fingerprint density at radius 2 is 1.79 bits per heavy atom. The number of carbonyl (C=O) groups excluding carboxylic acids is 1. The summed E-state index contributed by atoms with van der Waals surface area (Å²) in [6.45, 7) is 1.20. The maximum atomic E-state index is 10.5. The van der Waals surface area contributed by atoms with E-state index >= 15 is 0 Å². The fourth-order valence-corrected chi connectivity index (χ4v) is 0.671. The molecular formula is C9H20O3SSn. The van der Waals surface area contributed by atoms with Crippen molar-refractivity contribution in [3.8, 4) is 0 Å². The van der Waals surface area contributed by atoms with Crippen LogP contribution in [0, 0.1) is 0 Å². The molecule has 0 saturated heterocycles. The van der Waals surface area contributed by atoms with Crippen molar-refractivity contribution in [2.45, 2.75) is 22.7 Å². The van der Waals surface area contributed by atoms with Crippen molar-refractivity contribution in [3.05, 3.63) is 0 Å². The van der Waals surface area contributed by atoms with Crippen molar-refractivity contribution in [1.82, 2.24) is 0 Å². The number of hydrogen-bond acceptors (Lipinski definition) is 4. The molecule has 14 heavy (non-hydrogen) atoms. The maximum absolute atomic E-state index is 10.5. The van der Waals surface area contributed by atoms with E-state index in [1.165, 1.54) is 0 Å². The molecule has 0 aliphatic heterocycles. The van der Waals surface area contributed by atoms with Crippen molar-refractivity contribution in [1.29, 1.82) is 0 Å².